The van der Waals surface area contributed by atoms with Gasteiger partial charge in [0.1, 0.15) is 5.69 Å². The molecular formula is C17H26N2O4. The summed E-state index contributed by atoms with van der Waals surface area (Å²) in [5.41, 5.74) is 2.50. The number of carbonyl (C=O) groups excluding carboxylic acids is 2. The fraction of sp³-hybridized carbons (Fsp3) is 0.647. The lowest BCUT2D eigenvalue weighted by Gasteiger charge is -2.35. The highest BCUT2D eigenvalue weighted by molar-refractivity contribution is 6.01. The van der Waals surface area contributed by atoms with Crippen molar-refractivity contribution in [3.8, 4) is 0 Å². The average Bonchev–Trinajstić information content (AvgIpc) is 2.68. The van der Waals surface area contributed by atoms with E-state index < -0.39 is 5.97 Å². The third kappa shape index (κ3) is 3.27. The molecule has 1 aliphatic rings. The molecule has 0 saturated carbocycles. The van der Waals surface area contributed by atoms with Crippen molar-refractivity contribution in [2.75, 3.05) is 19.7 Å². The highest BCUT2D eigenvalue weighted by atomic mass is 16.5. The van der Waals surface area contributed by atoms with Crippen LogP contribution < -0.4 is 0 Å². The molecule has 2 unspecified atom stereocenters. The molecule has 1 saturated heterocycles. The monoisotopic (exact) mass is 322 g/mol. The first-order chi connectivity index (χ1) is 10.8. The first kappa shape index (κ1) is 17.5. The Hall–Kier alpha value is -1.82. The maximum absolute atomic E-state index is 13.0. The topological polar surface area (TPSA) is 60.8 Å². The van der Waals surface area contributed by atoms with Crippen LogP contribution in [0.25, 0.3) is 0 Å². The van der Waals surface area contributed by atoms with E-state index in [0.29, 0.717) is 36.5 Å². The molecule has 0 N–H and O–H groups in total. The van der Waals surface area contributed by atoms with Crippen LogP contribution in [0.1, 0.15) is 52.9 Å². The number of hydrogen-bond acceptors (Lipinski definition) is 4. The van der Waals surface area contributed by atoms with Crippen LogP contribution in [0, 0.1) is 13.8 Å². The van der Waals surface area contributed by atoms with E-state index in [-0.39, 0.29) is 18.1 Å². The predicted molar refractivity (Wildman–Crippen MR) is 86.8 cm³/mol. The number of esters is 1. The minimum Gasteiger partial charge on any atom is -0.461 e. The Morgan fingerprint density at radius 1 is 1.22 bits per heavy atom. The molecule has 128 valence electrons. The Morgan fingerprint density at radius 2 is 1.78 bits per heavy atom. The number of amides is 1. The zero-order valence-corrected chi connectivity index (χ0v) is 14.8. The number of nitrogens with zero attached hydrogens (tertiary/aromatic N) is 2. The summed E-state index contributed by atoms with van der Waals surface area (Å²) in [6.45, 7) is 10.8. The van der Waals surface area contributed by atoms with Crippen LogP contribution >= 0.6 is 0 Å². The van der Waals surface area contributed by atoms with Crippen molar-refractivity contribution < 1.29 is 19.1 Å². The molecule has 0 radical (unpaired) electrons. The van der Waals surface area contributed by atoms with Crippen LogP contribution in [0.15, 0.2) is 0 Å². The van der Waals surface area contributed by atoms with Crippen molar-refractivity contribution in [1.29, 1.82) is 0 Å². The number of rotatable bonds is 3. The number of morpholine rings is 1. The van der Waals surface area contributed by atoms with E-state index in [0.717, 1.165) is 5.69 Å². The van der Waals surface area contributed by atoms with Crippen molar-refractivity contribution in [1.82, 2.24) is 9.47 Å². The lowest BCUT2D eigenvalue weighted by atomic mass is 10.1. The largest absolute Gasteiger partial charge is 0.461 e. The van der Waals surface area contributed by atoms with Crippen LogP contribution in [0.3, 0.4) is 0 Å². The first-order valence-corrected chi connectivity index (χ1v) is 8.05. The third-order valence-corrected chi connectivity index (χ3v) is 4.32. The zero-order chi connectivity index (χ0) is 17.3. The van der Waals surface area contributed by atoms with Crippen LogP contribution in [0.2, 0.25) is 0 Å². The molecule has 0 aromatic carbocycles. The third-order valence-electron chi connectivity index (χ3n) is 4.32. The van der Waals surface area contributed by atoms with Gasteiger partial charge >= 0.3 is 5.97 Å². The molecule has 1 aromatic heterocycles. The fourth-order valence-corrected chi connectivity index (χ4v) is 3.28. The highest BCUT2D eigenvalue weighted by Gasteiger charge is 2.32. The predicted octanol–water partition coefficient (Wildman–Crippen LogP) is 2.07. The molecule has 1 amide bonds. The van der Waals surface area contributed by atoms with Gasteiger partial charge in [-0.05, 0) is 40.2 Å². The van der Waals surface area contributed by atoms with Crippen LogP contribution in [0.5, 0.6) is 0 Å². The Morgan fingerprint density at radius 3 is 2.30 bits per heavy atom. The van der Waals surface area contributed by atoms with Crippen LogP contribution in [0.4, 0.5) is 0 Å². The van der Waals surface area contributed by atoms with Gasteiger partial charge in [0.2, 0.25) is 0 Å². The number of hydrogen-bond donors (Lipinski definition) is 0. The Kier molecular flexibility index (Phi) is 5.14. The van der Waals surface area contributed by atoms with Crippen molar-refractivity contribution >= 4 is 11.9 Å². The van der Waals surface area contributed by atoms with Gasteiger partial charge in [0.25, 0.3) is 5.91 Å². The standard InChI is InChI=1S/C17H26N2O4/c1-7-22-17(21)15-12(4)14(13(5)18(15)6)16(20)19-8-10(2)23-11(3)9-19/h10-11H,7-9H2,1-6H3. The Labute approximate surface area is 137 Å². The van der Waals surface area contributed by atoms with Gasteiger partial charge in [0, 0.05) is 25.8 Å². The summed E-state index contributed by atoms with van der Waals surface area (Å²) in [6, 6.07) is 0. The quantitative estimate of drug-likeness (QED) is 0.799. The zero-order valence-electron chi connectivity index (χ0n) is 14.8. The van der Waals surface area contributed by atoms with E-state index >= 15 is 0 Å². The van der Waals surface area contributed by atoms with Crippen molar-refractivity contribution in [2.45, 2.75) is 46.8 Å². The SMILES string of the molecule is CCOC(=O)c1c(C)c(C(=O)N2CC(C)OC(C)C2)c(C)n1C. The molecule has 2 heterocycles. The number of carbonyl (C=O) groups is 2. The average molecular weight is 322 g/mol. The summed E-state index contributed by atoms with van der Waals surface area (Å²) >= 11 is 0. The van der Waals surface area contributed by atoms with E-state index in [1.54, 1.807) is 25.5 Å². The van der Waals surface area contributed by atoms with Gasteiger partial charge in [-0.3, -0.25) is 4.79 Å². The second-order valence-corrected chi connectivity index (χ2v) is 6.18. The Bertz CT molecular complexity index is 611. The summed E-state index contributed by atoms with van der Waals surface area (Å²) in [5, 5.41) is 0. The smallest absolute Gasteiger partial charge is 0.355 e. The maximum Gasteiger partial charge on any atom is 0.355 e. The number of aromatic nitrogens is 1. The van der Waals surface area contributed by atoms with E-state index in [4.69, 9.17) is 9.47 Å². The second-order valence-electron chi connectivity index (χ2n) is 6.18. The molecule has 6 nitrogen and oxygen atoms in total. The van der Waals surface area contributed by atoms with E-state index in [1.165, 1.54) is 0 Å². The summed E-state index contributed by atoms with van der Waals surface area (Å²) < 4.78 is 12.5. The van der Waals surface area contributed by atoms with Crippen LogP contribution in [-0.4, -0.2) is 53.2 Å². The van der Waals surface area contributed by atoms with Gasteiger partial charge in [-0.1, -0.05) is 0 Å². The molecule has 1 fully saturated rings. The highest BCUT2D eigenvalue weighted by Crippen LogP contribution is 2.25. The second kappa shape index (κ2) is 6.74. The van der Waals surface area contributed by atoms with Gasteiger partial charge < -0.3 is 18.9 Å². The van der Waals surface area contributed by atoms with Crippen molar-refractivity contribution in [2.24, 2.45) is 7.05 Å². The maximum atomic E-state index is 13.0. The van der Waals surface area contributed by atoms with Gasteiger partial charge in [-0.15, -0.1) is 0 Å². The van der Waals surface area contributed by atoms with Crippen molar-refractivity contribution in [3.63, 3.8) is 0 Å². The minimum atomic E-state index is -0.390. The molecule has 1 aromatic rings. The summed E-state index contributed by atoms with van der Waals surface area (Å²) in [4.78, 5) is 27.0. The molecule has 2 rings (SSSR count). The van der Waals surface area contributed by atoms with E-state index in [2.05, 4.69) is 0 Å². The molecule has 0 aliphatic carbocycles. The summed E-state index contributed by atoms with van der Waals surface area (Å²) in [6.07, 6.45) is 0.0214. The molecule has 0 bridgehead atoms. The molecule has 1 aliphatic heterocycles. The van der Waals surface area contributed by atoms with Crippen LogP contribution in [-0.2, 0) is 16.5 Å². The molecular weight excluding hydrogens is 296 g/mol. The van der Waals surface area contributed by atoms with E-state index in [9.17, 15) is 9.59 Å². The summed E-state index contributed by atoms with van der Waals surface area (Å²) in [5.74, 6) is -0.438. The van der Waals surface area contributed by atoms with Gasteiger partial charge in [0.15, 0.2) is 0 Å². The number of ether oxygens (including phenoxy) is 2. The Balaban J connectivity index is 2.38. The minimum absolute atomic E-state index is 0.0107. The molecule has 2 atom stereocenters. The lowest BCUT2D eigenvalue weighted by Crippen LogP contribution is -2.48. The van der Waals surface area contributed by atoms with E-state index in [1.807, 2.05) is 25.7 Å². The normalized spacial score (nSPS) is 21.4. The van der Waals surface area contributed by atoms with Crippen molar-refractivity contribution in [3.05, 3.63) is 22.5 Å². The summed E-state index contributed by atoms with van der Waals surface area (Å²) in [7, 11) is 1.79. The molecule has 0 spiro atoms. The molecule has 23 heavy (non-hydrogen) atoms. The first-order valence-electron chi connectivity index (χ1n) is 8.05. The molecule has 6 heteroatoms. The van der Waals surface area contributed by atoms with Gasteiger partial charge in [-0.2, -0.15) is 0 Å². The lowest BCUT2D eigenvalue weighted by molar-refractivity contribution is -0.0586. The van der Waals surface area contributed by atoms with Gasteiger partial charge in [-0.25, -0.2) is 4.79 Å². The van der Waals surface area contributed by atoms with Gasteiger partial charge in [0.05, 0.1) is 24.4 Å². The fourth-order valence-electron chi connectivity index (χ4n) is 3.28.